The maximum absolute atomic E-state index is 15.4. The Morgan fingerprint density at radius 1 is 1.18 bits per heavy atom. The molecule has 1 heterocycles. The molecule has 1 saturated carbocycles. The number of alkyl halides is 3. The second kappa shape index (κ2) is 11.0. The first-order chi connectivity index (χ1) is 18.7. The van der Waals surface area contributed by atoms with Crippen LogP contribution in [0.15, 0.2) is 36.4 Å². The Kier molecular flexibility index (Phi) is 8.00. The van der Waals surface area contributed by atoms with Gasteiger partial charge in [0, 0.05) is 24.8 Å². The minimum Gasteiger partial charge on any atom is -0.468 e. The number of carbonyl (C=O) groups excluding carboxylic acids is 2. The Hall–Kier alpha value is -3.83. The molecule has 0 aliphatic heterocycles. The van der Waals surface area contributed by atoms with Gasteiger partial charge < -0.3 is 24.3 Å². The third kappa shape index (κ3) is 6.65. The molecule has 3 aromatic rings. The Bertz CT molecular complexity index is 1400. The number of nitrogens with zero attached hydrogens (tertiary/aromatic N) is 3. The summed E-state index contributed by atoms with van der Waals surface area (Å²) in [6.07, 6.45) is -2.18. The minimum atomic E-state index is -4.81. The van der Waals surface area contributed by atoms with Gasteiger partial charge in [0.2, 0.25) is 5.95 Å². The molecule has 0 spiro atoms. The zero-order valence-electron chi connectivity index (χ0n) is 22.9. The first kappa shape index (κ1) is 29.2. The molecule has 216 valence electrons. The van der Waals surface area contributed by atoms with Gasteiger partial charge >= 0.3 is 12.3 Å². The van der Waals surface area contributed by atoms with Crippen LogP contribution >= 0.6 is 0 Å². The van der Waals surface area contributed by atoms with Crippen molar-refractivity contribution in [2.45, 2.75) is 52.4 Å². The predicted octanol–water partition coefficient (Wildman–Crippen LogP) is 6.45. The Morgan fingerprint density at radius 3 is 2.45 bits per heavy atom. The largest absolute Gasteiger partial charge is 0.573 e. The monoisotopic (exact) mass is 564 g/mol. The smallest absolute Gasteiger partial charge is 0.468 e. The van der Waals surface area contributed by atoms with Gasteiger partial charge in [0.05, 0.1) is 23.7 Å². The van der Waals surface area contributed by atoms with Gasteiger partial charge in [0.25, 0.3) is 5.91 Å². The van der Waals surface area contributed by atoms with Gasteiger partial charge in [-0.15, -0.1) is 13.2 Å². The van der Waals surface area contributed by atoms with E-state index in [2.05, 4.69) is 40.5 Å². The molecule has 2 unspecified atom stereocenters. The van der Waals surface area contributed by atoms with Gasteiger partial charge in [-0.25, -0.2) is 9.37 Å². The molecule has 0 saturated heterocycles. The van der Waals surface area contributed by atoms with E-state index in [9.17, 15) is 22.8 Å². The van der Waals surface area contributed by atoms with Gasteiger partial charge in [-0.1, -0.05) is 20.8 Å². The highest BCUT2D eigenvalue weighted by molar-refractivity contribution is 5.99. The summed E-state index contributed by atoms with van der Waals surface area (Å²) < 4.78 is 63.6. The van der Waals surface area contributed by atoms with Crippen molar-refractivity contribution in [1.82, 2.24) is 14.5 Å². The number of nitrogens with one attached hydrogen (secondary N) is 1. The van der Waals surface area contributed by atoms with Gasteiger partial charge in [0.1, 0.15) is 18.1 Å². The van der Waals surface area contributed by atoms with Crippen LogP contribution in [0.2, 0.25) is 0 Å². The lowest BCUT2D eigenvalue weighted by atomic mass is 9.70. The number of amides is 1. The van der Waals surface area contributed by atoms with Gasteiger partial charge in [0.15, 0.2) is 0 Å². The molecule has 1 fully saturated rings. The molecule has 1 aliphatic carbocycles. The normalized spacial score (nSPS) is 18.8. The topological polar surface area (TPSA) is 85.7 Å². The molecule has 8 nitrogen and oxygen atoms in total. The van der Waals surface area contributed by atoms with Gasteiger partial charge in [-0.2, -0.15) is 0 Å². The van der Waals surface area contributed by atoms with E-state index in [0.717, 1.165) is 24.2 Å². The lowest BCUT2D eigenvalue weighted by Crippen LogP contribution is -2.33. The molecule has 1 aliphatic rings. The standard InChI is InChI=1S/C28H32F4N4O4/c1-16-10-18(14-27(2,3)13-16)36-23-12-21(29)20(25(38)35(4)15-24(37)39-5)11-22(23)34-26(36)33-17-6-8-19(9-7-17)40-28(30,31)32/h6-9,11-12,16,18H,10,13-15H2,1-5H3,(H,33,34). The molecule has 2 atom stereocenters. The fourth-order valence-corrected chi connectivity index (χ4v) is 5.63. The highest BCUT2D eigenvalue weighted by Gasteiger charge is 2.35. The van der Waals surface area contributed by atoms with Crippen LogP contribution in [0.1, 0.15) is 56.4 Å². The Labute approximate surface area is 229 Å². The average Bonchev–Trinajstić information content (AvgIpc) is 3.18. The second-order valence-electron chi connectivity index (χ2n) is 11.1. The predicted molar refractivity (Wildman–Crippen MR) is 141 cm³/mol. The summed E-state index contributed by atoms with van der Waals surface area (Å²) in [6.45, 7) is 6.16. The lowest BCUT2D eigenvalue weighted by molar-refractivity contribution is -0.274. The van der Waals surface area contributed by atoms with Crippen molar-refractivity contribution in [1.29, 1.82) is 0 Å². The maximum Gasteiger partial charge on any atom is 0.573 e. The molecule has 12 heteroatoms. The van der Waals surface area contributed by atoms with Crippen molar-refractivity contribution in [3.05, 3.63) is 47.8 Å². The number of hydrogen-bond acceptors (Lipinski definition) is 6. The highest BCUT2D eigenvalue weighted by atomic mass is 19.4. The van der Waals surface area contributed by atoms with Crippen molar-refractivity contribution in [2.24, 2.45) is 11.3 Å². The first-order valence-corrected chi connectivity index (χ1v) is 12.8. The molecule has 1 N–H and O–H groups in total. The molecule has 0 bridgehead atoms. The van der Waals surface area contributed by atoms with E-state index in [0.29, 0.717) is 28.6 Å². The van der Waals surface area contributed by atoms with Crippen LogP contribution in [0.4, 0.5) is 29.2 Å². The number of anilines is 2. The first-order valence-electron chi connectivity index (χ1n) is 12.8. The molecule has 2 aromatic carbocycles. The highest BCUT2D eigenvalue weighted by Crippen LogP contribution is 2.46. The summed E-state index contributed by atoms with van der Waals surface area (Å²) in [5, 5.41) is 3.15. The molecule has 40 heavy (non-hydrogen) atoms. The van der Waals surface area contributed by atoms with Crippen LogP contribution < -0.4 is 10.1 Å². The quantitative estimate of drug-likeness (QED) is 0.262. The number of ether oxygens (including phenoxy) is 2. The Morgan fingerprint density at radius 2 is 1.85 bits per heavy atom. The summed E-state index contributed by atoms with van der Waals surface area (Å²) in [7, 11) is 2.56. The van der Waals surface area contributed by atoms with E-state index in [-0.39, 0.29) is 29.3 Å². The number of benzene rings is 2. The van der Waals surface area contributed by atoms with E-state index in [1.54, 1.807) is 0 Å². The summed E-state index contributed by atoms with van der Waals surface area (Å²) in [5.74, 6) is -1.73. The number of esters is 1. The van der Waals surface area contributed by atoms with E-state index in [1.165, 1.54) is 50.6 Å². The summed E-state index contributed by atoms with van der Waals surface area (Å²) >= 11 is 0. The fraction of sp³-hybridized carbons (Fsp3) is 0.464. The molecular formula is C28H32F4N4O4. The third-order valence-corrected chi connectivity index (χ3v) is 7.02. The zero-order valence-corrected chi connectivity index (χ0v) is 22.9. The fourth-order valence-electron chi connectivity index (χ4n) is 5.63. The lowest BCUT2D eigenvalue weighted by Gasteiger charge is -2.40. The number of halogens is 4. The summed E-state index contributed by atoms with van der Waals surface area (Å²) in [5.41, 5.74) is 1.04. The number of methoxy groups -OCH3 is 1. The van der Waals surface area contributed by atoms with Gasteiger partial charge in [-0.05, 0) is 60.9 Å². The van der Waals surface area contributed by atoms with Crippen LogP contribution in [0, 0.1) is 17.2 Å². The SMILES string of the molecule is COC(=O)CN(C)C(=O)c1cc2nc(Nc3ccc(OC(F)(F)F)cc3)n(C3CC(C)CC(C)(C)C3)c2cc1F. The number of likely N-dealkylation sites (N-methyl/N-ethyl adjacent to an activating group) is 1. The van der Waals surface area contributed by atoms with Crippen LogP contribution in [-0.4, -0.2) is 53.4 Å². The van der Waals surface area contributed by atoms with Crippen molar-refractivity contribution in [3.63, 3.8) is 0 Å². The molecule has 4 rings (SSSR count). The number of hydrogen-bond donors (Lipinski definition) is 1. The summed E-state index contributed by atoms with van der Waals surface area (Å²) in [6, 6.07) is 7.77. The van der Waals surface area contributed by atoms with Crippen molar-refractivity contribution < 1.29 is 36.6 Å². The maximum atomic E-state index is 15.4. The van der Waals surface area contributed by atoms with Crippen LogP contribution in [0.25, 0.3) is 11.0 Å². The van der Waals surface area contributed by atoms with E-state index >= 15 is 4.39 Å². The van der Waals surface area contributed by atoms with Crippen molar-refractivity contribution in [2.75, 3.05) is 26.0 Å². The number of rotatable bonds is 7. The molecule has 1 amide bonds. The average molecular weight is 565 g/mol. The number of fused-ring (bicyclic) bond motifs is 1. The van der Waals surface area contributed by atoms with Crippen LogP contribution in [0.5, 0.6) is 5.75 Å². The number of imidazole rings is 1. The second-order valence-corrected chi connectivity index (χ2v) is 11.1. The summed E-state index contributed by atoms with van der Waals surface area (Å²) in [4.78, 5) is 30.3. The Balaban J connectivity index is 1.76. The van der Waals surface area contributed by atoms with Crippen molar-refractivity contribution >= 4 is 34.5 Å². The van der Waals surface area contributed by atoms with Gasteiger partial charge in [-0.3, -0.25) is 9.59 Å². The van der Waals surface area contributed by atoms with E-state index in [4.69, 9.17) is 0 Å². The third-order valence-electron chi connectivity index (χ3n) is 7.02. The molecule has 1 aromatic heterocycles. The minimum absolute atomic E-state index is 0.0117. The molecular weight excluding hydrogens is 532 g/mol. The van der Waals surface area contributed by atoms with E-state index < -0.39 is 24.1 Å². The molecule has 0 radical (unpaired) electrons. The van der Waals surface area contributed by atoms with Crippen molar-refractivity contribution in [3.8, 4) is 5.75 Å². The van der Waals surface area contributed by atoms with E-state index in [1.807, 2.05) is 4.57 Å². The number of aromatic nitrogens is 2. The van der Waals surface area contributed by atoms with Crippen LogP contribution in [-0.2, 0) is 9.53 Å². The van der Waals surface area contributed by atoms with Crippen LogP contribution in [0.3, 0.4) is 0 Å². The zero-order chi connectivity index (χ0) is 29.4. The number of carbonyl (C=O) groups is 2.